The highest BCUT2D eigenvalue weighted by atomic mass is 35.5. The maximum absolute atomic E-state index is 12.9. The predicted octanol–water partition coefficient (Wildman–Crippen LogP) is 1.84. The fraction of sp³-hybridized carbons (Fsp3) is 0.562. The molecule has 1 amide bonds. The van der Waals surface area contributed by atoms with Gasteiger partial charge in [-0.3, -0.25) is 9.52 Å². The highest BCUT2D eigenvalue weighted by molar-refractivity contribution is 7.92. The summed E-state index contributed by atoms with van der Waals surface area (Å²) in [4.78, 5) is 14.7. The van der Waals surface area contributed by atoms with Gasteiger partial charge in [0.2, 0.25) is 10.0 Å². The van der Waals surface area contributed by atoms with Crippen LogP contribution in [-0.4, -0.2) is 50.2 Å². The van der Waals surface area contributed by atoms with Crippen molar-refractivity contribution in [2.75, 3.05) is 23.6 Å². The number of rotatable bonds is 4. The van der Waals surface area contributed by atoms with Crippen molar-refractivity contribution in [3.63, 3.8) is 0 Å². The van der Waals surface area contributed by atoms with E-state index in [2.05, 4.69) is 10.0 Å². The molecule has 6 nitrogen and oxygen atoms in total. The Balaban J connectivity index is 0.00000208. The van der Waals surface area contributed by atoms with Gasteiger partial charge < -0.3 is 10.2 Å². The molecule has 2 fully saturated rings. The minimum atomic E-state index is -3.41. The van der Waals surface area contributed by atoms with Gasteiger partial charge in [0.25, 0.3) is 5.91 Å². The van der Waals surface area contributed by atoms with Gasteiger partial charge >= 0.3 is 0 Å². The Bertz CT molecular complexity index is 696. The molecule has 2 aliphatic rings. The first-order valence-electron chi connectivity index (χ1n) is 8.13. The molecule has 2 bridgehead atoms. The first-order chi connectivity index (χ1) is 11.0. The summed E-state index contributed by atoms with van der Waals surface area (Å²) in [6.07, 6.45) is 3.23. The summed E-state index contributed by atoms with van der Waals surface area (Å²) in [7, 11) is -3.41. The second kappa shape index (κ2) is 7.72. The van der Waals surface area contributed by atoms with Crippen LogP contribution in [0.1, 0.15) is 36.5 Å². The first kappa shape index (κ1) is 19.0. The lowest BCUT2D eigenvalue weighted by atomic mass is 10.1. The Kier molecular flexibility index (Phi) is 6.11. The zero-order valence-corrected chi connectivity index (χ0v) is 15.3. The van der Waals surface area contributed by atoms with Gasteiger partial charge in [-0.25, -0.2) is 8.42 Å². The van der Waals surface area contributed by atoms with E-state index >= 15 is 0 Å². The van der Waals surface area contributed by atoms with Crippen molar-refractivity contribution in [3.05, 3.63) is 29.8 Å². The molecule has 2 N–H and O–H groups in total. The molecular formula is C16H24ClN3O3S. The van der Waals surface area contributed by atoms with E-state index in [0.717, 1.165) is 12.8 Å². The summed E-state index contributed by atoms with van der Waals surface area (Å²) in [5.41, 5.74) is 0.781. The van der Waals surface area contributed by atoms with Crippen molar-refractivity contribution in [2.45, 2.75) is 38.3 Å². The highest BCUT2D eigenvalue weighted by Crippen LogP contribution is 2.24. The number of sulfonamides is 1. The molecule has 2 heterocycles. The molecule has 8 heteroatoms. The number of carbonyl (C=O) groups excluding carboxylic acids is 1. The minimum Gasteiger partial charge on any atom is -0.337 e. The van der Waals surface area contributed by atoms with Gasteiger partial charge in [0.05, 0.1) is 17.0 Å². The monoisotopic (exact) mass is 373 g/mol. The number of nitrogens with one attached hydrogen (secondary N) is 2. The number of carbonyl (C=O) groups is 1. The lowest BCUT2D eigenvalue weighted by Gasteiger charge is -2.25. The van der Waals surface area contributed by atoms with E-state index in [1.807, 2.05) is 4.90 Å². The number of hydrogen-bond acceptors (Lipinski definition) is 4. The highest BCUT2D eigenvalue weighted by Gasteiger charge is 2.32. The maximum Gasteiger partial charge on any atom is 0.256 e. The number of fused-ring (bicyclic) bond motifs is 2. The van der Waals surface area contributed by atoms with Gasteiger partial charge in [-0.1, -0.05) is 12.1 Å². The van der Waals surface area contributed by atoms with E-state index in [0.29, 0.717) is 36.4 Å². The number of amides is 1. The molecule has 0 aromatic heterocycles. The number of likely N-dealkylation sites (tertiary alicyclic amines) is 1. The third-order valence-corrected chi connectivity index (χ3v) is 5.90. The van der Waals surface area contributed by atoms with Gasteiger partial charge in [0.15, 0.2) is 0 Å². The van der Waals surface area contributed by atoms with Crippen molar-refractivity contribution < 1.29 is 13.2 Å². The molecule has 0 aliphatic carbocycles. The van der Waals surface area contributed by atoms with Crippen LogP contribution in [0.3, 0.4) is 0 Å². The second-order valence-electron chi connectivity index (χ2n) is 6.23. The number of hydrogen-bond donors (Lipinski definition) is 2. The molecule has 134 valence electrons. The average molecular weight is 374 g/mol. The van der Waals surface area contributed by atoms with Crippen LogP contribution in [-0.2, 0) is 10.0 Å². The normalized spacial score (nSPS) is 23.3. The van der Waals surface area contributed by atoms with Crippen LogP contribution < -0.4 is 10.0 Å². The summed E-state index contributed by atoms with van der Waals surface area (Å²) >= 11 is 0. The average Bonchev–Trinajstić information content (AvgIpc) is 2.86. The molecule has 2 unspecified atom stereocenters. The van der Waals surface area contributed by atoms with E-state index < -0.39 is 10.0 Å². The molecule has 3 rings (SSSR count). The van der Waals surface area contributed by atoms with Crippen molar-refractivity contribution in [1.82, 2.24) is 10.2 Å². The van der Waals surface area contributed by atoms with Crippen molar-refractivity contribution in [2.24, 2.45) is 0 Å². The number of para-hydroxylation sites is 1. The second-order valence-corrected chi connectivity index (χ2v) is 8.24. The topological polar surface area (TPSA) is 78.5 Å². The number of benzene rings is 1. The lowest BCUT2D eigenvalue weighted by molar-refractivity contribution is 0.0749. The Morgan fingerprint density at radius 3 is 2.71 bits per heavy atom. The summed E-state index contributed by atoms with van der Waals surface area (Å²) in [6.45, 7) is 2.97. The molecule has 2 saturated heterocycles. The van der Waals surface area contributed by atoms with Gasteiger partial charge in [0.1, 0.15) is 0 Å². The van der Waals surface area contributed by atoms with Crippen LogP contribution in [0.25, 0.3) is 0 Å². The fourth-order valence-electron chi connectivity index (χ4n) is 3.30. The van der Waals surface area contributed by atoms with Crippen LogP contribution in [0.5, 0.6) is 0 Å². The summed E-state index contributed by atoms with van der Waals surface area (Å²) in [5, 5.41) is 3.55. The minimum absolute atomic E-state index is 0. The van der Waals surface area contributed by atoms with Crippen LogP contribution in [0, 0.1) is 0 Å². The molecule has 2 atom stereocenters. The van der Waals surface area contributed by atoms with E-state index in [9.17, 15) is 13.2 Å². The number of halogens is 1. The van der Waals surface area contributed by atoms with Gasteiger partial charge in [-0.05, 0) is 38.3 Å². The van der Waals surface area contributed by atoms with Crippen LogP contribution in [0.4, 0.5) is 5.69 Å². The quantitative estimate of drug-likeness (QED) is 0.844. The molecule has 2 aliphatic heterocycles. The molecule has 24 heavy (non-hydrogen) atoms. The van der Waals surface area contributed by atoms with E-state index in [-0.39, 0.29) is 24.1 Å². The molecule has 1 aromatic rings. The van der Waals surface area contributed by atoms with Crippen LogP contribution in [0.2, 0.25) is 0 Å². The van der Waals surface area contributed by atoms with Gasteiger partial charge in [-0.15, -0.1) is 12.4 Å². The Morgan fingerprint density at radius 2 is 1.96 bits per heavy atom. The van der Waals surface area contributed by atoms with Crippen molar-refractivity contribution >= 4 is 34.0 Å². The van der Waals surface area contributed by atoms with E-state index in [4.69, 9.17) is 0 Å². The SMILES string of the molecule is CCS(=O)(=O)Nc1ccccc1C(=O)N1CCC2CCC(C1)N2.Cl. The smallest absolute Gasteiger partial charge is 0.256 e. The fourth-order valence-corrected chi connectivity index (χ4v) is 3.95. The van der Waals surface area contributed by atoms with Crippen molar-refractivity contribution in [1.29, 1.82) is 0 Å². The first-order valence-corrected chi connectivity index (χ1v) is 9.78. The third-order valence-electron chi connectivity index (χ3n) is 4.61. The molecule has 0 spiro atoms. The van der Waals surface area contributed by atoms with Crippen LogP contribution >= 0.6 is 12.4 Å². The van der Waals surface area contributed by atoms with E-state index in [1.54, 1.807) is 31.2 Å². The van der Waals surface area contributed by atoms with Gasteiger partial charge in [-0.2, -0.15) is 0 Å². The largest absolute Gasteiger partial charge is 0.337 e. The number of anilines is 1. The molecule has 0 saturated carbocycles. The zero-order valence-electron chi connectivity index (χ0n) is 13.7. The summed E-state index contributed by atoms with van der Waals surface area (Å²) in [6, 6.07) is 7.68. The van der Waals surface area contributed by atoms with Gasteiger partial charge in [0, 0.05) is 25.2 Å². The Morgan fingerprint density at radius 1 is 1.25 bits per heavy atom. The maximum atomic E-state index is 12.9. The van der Waals surface area contributed by atoms with Crippen LogP contribution in [0.15, 0.2) is 24.3 Å². The summed E-state index contributed by atoms with van der Waals surface area (Å²) < 4.78 is 26.2. The molecule has 0 radical (unpaired) electrons. The predicted molar refractivity (Wildman–Crippen MR) is 97.2 cm³/mol. The number of nitrogens with zero attached hydrogens (tertiary/aromatic N) is 1. The van der Waals surface area contributed by atoms with E-state index in [1.165, 1.54) is 6.42 Å². The standard InChI is InChI=1S/C16H23N3O3S.ClH/c1-2-23(21,22)18-15-6-4-3-5-14(15)16(20)19-10-9-12-7-8-13(11-19)17-12;/h3-6,12-13,17-18H,2,7-11H2,1H3;1H. The zero-order chi connectivity index (χ0) is 16.4. The summed E-state index contributed by atoms with van der Waals surface area (Å²) in [5.74, 6) is -0.124. The molecular weight excluding hydrogens is 350 g/mol. The lowest BCUT2D eigenvalue weighted by Crippen LogP contribution is -2.39. The molecule has 1 aromatic carbocycles. The Hall–Kier alpha value is -1.31. The van der Waals surface area contributed by atoms with Crippen molar-refractivity contribution in [3.8, 4) is 0 Å². The Labute approximate surface area is 149 Å². The third kappa shape index (κ3) is 4.20.